The number of rotatable bonds is 4. The molecular formula is C20H19NO3. The number of carbonyl (C=O) groups is 1. The summed E-state index contributed by atoms with van der Waals surface area (Å²) in [5.41, 5.74) is 3.87. The van der Waals surface area contributed by atoms with Crippen LogP contribution in [0.3, 0.4) is 0 Å². The summed E-state index contributed by atoms with van der Waals surface area (Å²) < 4.78 is 0. The Morgan fingerprint density at radius 2 is 1.88 bits per heavy atom. The van der Waals surface area contributed by atoms with E-state index in [1.54, 1.807) is 6.07 Å². The molecule has 122 valence electrons. The fraction of sp³-hybridized carbons (Fsp3) is 0.200. The number of hydrogen-bond donors (Lipinski definition) is 2. The smallest absolute Gasteiger partial charge is 0.335 e. The number of aromatic carboxylic acids is 1. The largest absolute Gasteiger partial charge is 0.478 e. The van der Waals surface area contributed by atoms with Crippen LogP contribution in [0.1, 0.15) is 35.0 Å². The molecule has 0 amide bonds. The topological polar surface area (TPSA) is 70.2 Å². The molecule has 4 heteroatoms. The highest BCUT2D eigenvalue weighted by Crippen LogP contribution is 2.25. The molecule has 3 rings (SSSR count). The number of fused-ring (bicyclic) bond motifs is 1. The summed E-state index contributed by atoms with van der Waals surface area (Å²) in [5, 5.41) is 9.69. The summed E-state index contributed by atoms with van der Waals surface area (Å²) in [6, 6.07) is 12.6. The number of carboxylic acid groups (broad SMARTS) is 1. The van der Waals surface area contributed by atoms with E-state index in [0.29, 0.717) is 16.5 Å². The Morgan fingerprint density at radius 1 is 1.17 bits per heavy atom. The van der Waals surface area contributed by atoms with Crippen LogP contribution in [0.15, 0.2) is 47.3 Å². The summed E-state index contributed by atoms with van der Waals surface area (Å²) in [7, 11) is 0. The minimum atomic E-state index is -1.03. The molecular weight excluding hydrogens is 302 g/mol. The molecule has 0 fully saturated rings. The van der Waals surface area contributed by atoms with E-state index >= 15 is 0 Å². The first kappa shape index (κ1) is 16.0. The quantitative estimate of drug-likeness (QED) is 0.758. The van der Waals surface area contributed by atoms with Gasteiger partial charge in [0.25, 0.3) is 0 Å². The number of carboxylic acids is 1. The minimum absolute atomic E-state index is 0.121. The Hall–Kier alpha value is -2.88. The number of benzene rings is 2. The van der Waals surface area contributed by atoms with Gasteiger partial charge in [-0.15, -0.1) is 0 Å². The average Bonchev–Trinajstić information content (AvgIpc) is 2.57. The van der Waals surface area contributed by atoms with Gasteiger partial charge in [-0.1, -0.05) is 43.7 Å². The molecule has 0 atom stereocenters. The molecule has 0 spiro atoms. The van der Waals surface area contributed by atoms with Crippen molar-refractivity contribution in [2.75, 3.05) is 0 Å². The van der Waals surface area contributed by atoms with Crippen molar-refractivity contribution >= 4 is 16.9 Å². The average molecular weight is 321 g/mol. The van der Waals surface area contributed by atoms with E-state index in [4.69, 9.17) is 0 Å². The van der Waals surface area contributed by atoms with Gasteiger partial charge in [0, 0.05) is 16.6 Å². The van der Waals surface area contributed by atoms with E-state index in [9.17, 15) is 14.7 Å². The van der Waals surface area contributed by atoms with Gasteiger partial charge in [-0.05, 0) is 36.6 Å². The van der Waals surface area contributed by atoms with Gasteiger partial charge in [0.05, 0.1) is 11.1 Å². The number of aryl methyl sites for hydroxylation is 2. The molecule has 2 aromatic carbocycles. The fourth-order valence-electron chi connectivity index (χ4n) is 3.09. The van der Waals surface area contributed by atoms with Gasteiger partial charge >= 0.3 is 5.97 Å². The molecule has 1 heterocycles. The Labute approximate surface area is 139 Å². The predicted octanol–water partition coefficient (Wildman–Crippen LogP) is 4.15. The van der Waals surface area contributed by atoms with Crippen LogP contribution >= 0.6 is 0 Å². The van der Waals surface area contributed by atoms with E-state index in [1.807, 2.05) is 37.3 Å². The molecule has 1 aromatic heterocycles. The Balaban J connectivity index is 2.41. The number of hydrogen-bond acceptors (Lipinski definition) is 2. The van der Waals surface area contributed by atoms with Gasteiger partial charge in [-0.25, -0.2) is 4.79 Å². The second-order valence-electron chi connectivity index (χ2n) is 5.94. The molecule has 0 saturated carbocycles. The third kappa shape index (κ3) is 2.71. The lowest BCUT2D eigenvalue weighted by Gasteiger charge is -2.13. The van der Waals surface area contributed by atoms with E-state index in [2.05, 4.69) is 11.9 Å². The molecule has 0 aliphatic heterocycles. The third-order valence-corrected chi connectivity index (χ3v) is 4.19. The van der Waals surface area contributed by atoms with Gasteiger partial charge in [0.1, 0.15) is 0 Å². The van der Waals surface area contributed by atoms with Crippen molar-refractivity contribution in [3.63, 3.8) is 0 Å². The normalized spacial score (nSPS) is 10.9. The second-order valence-corrected chi connectivity index (χ2v) is 5.94. The van der Waals surface area contributed by atoms with Crippen molar-refractivity contribution in [3.05, 3.63) is 69.5 Å². The SMILES string of the molecule is CCCc1[nH]c2c(C)cc(C(=O)O)cc2c(=O)c1-c1ccccc1. The maximum Gasteiger partial charge on any atom is 0.335 e. The van der Waals surface area contributed by atoms with Crippen molar-refractivity contribution in [3.8, 4) is 11.1 Å². The molecule has 0 unspecified atom stereocenters. The lowest BCUT2D eigenvalue weighted by molar-refractivity contribution is 0.0697. The number of aromatic nitrogens is 1. The second kappa shape index (κ2) is 6.32. The highest BCUT2D eigenvalue weighted by atomic mass is 16.4. The van der Waals surface area contributed by atoms with Crippen LogP contribution in [-0.2, 0) is 6.42 Å². The fourth-order valence-corrected chi connectivity index (χ4v) is 3.09. The summed E-state index contributed by atoms with van der Waals surface area (Å²) in [6.45, 7) is 3.89. The summed E-state index contributed by atoms with van der Waals surface area (Å²) in [5.74, 6) is -1.03. The standard InChI is InChI=1S/C20H19NO3/c1-3-7-16-17(13-8-5-4-6-9-13)19(22)15-11-14(20(23)24)10-12(2)18(15)21-16/h4-6,8-11H,3,7H2,1-2H3,(H,21,22)(H,23,24). The Kier molecular flexibility index (Phi) is 4.21. The van der Waals surface area contributed by atoms with Gasteiger partial charge in [0.15, 0.2) is 5.43 Å². The lowest BCUT2D eigenvalue weighted by atomic mass is 9.96. The van der Waals surface area contributed by atoms with Crippen LogP contribution in [-0.4, -0.2) is 16.1 Å². The molecule has 0 aliphatic rings. The van der Waals surface area contributed by atoms with Crippen molar-refractivity contribution in [1.82, 2.24) is 4.98 Å². The van der Waals surface area contributed by atoms with Crippen LogP contribution in [0.2, 0.25) is 0 Å². The zero-order valence-electron chi connectivity index (χ0n) is 13.7. The number of pyridine rings is 1. The highest BCUT2D eigenvalue weighted by molar-refractivity contribution is 5.96. The Bertz CT molecular complexity index is 972. The molecule has 2 N–H and O–H groups in total. The van der Waals surface area contributed by atoms with Gasteiger partial charge in [0.2, 0.25) is 0 Å². The summed E-state index contributed by atoms with van der Waals surface area (Å²) in [6.07, 6.45) is 1.67. The van der Waals surface area contributed by atoms with Gasteiger partial charge < -0.3 is 10.1 Å². The summed E-state index contributed by atoms with van der Waals surface area (Å²) in [4.78, 5) is 27.8. The monoisotopic (exact) mass is 321 g/mol. The zero-order chi connectivity index (χ0) is 17.3. The van der Waals surface area contributed by atoms with Crippen molar-refractivity contribution in [2.24, 2.45) is 0 Å². The number of aromatic amines is 1. The molecule has 4 nitrogen and oxygen atoms in total. The number of H-pyrrole nitrogens is 1. The van der Waals surface area contributed by atoms with Gasteiger partial charge in [-0.2, -0.15) is 0 Å². The van der Waals surface area contributed by atoms with Crippen LogP contribution in [0, 0.1) is 6.92 Å². The maximum absolute atomic E-state index is 13.1. The van der Waals surface area contributed by atoms with Crippen molar-refractivity contribution in [2.45, 2.75) is 26.7 Å². The minimum Gasteiger partial charge on any atom is -0.478 e. The summed E-state index contributed by atoms with van der Waals surface area (Å²) >= 11 is 0. The molecule has 0 saturated heterocycles. The first-order chi connectivity index (χ1) is 11.5. The first-order valence-corrected chi connectivity index (χ1v) is 8.01. The maximum atomic E-state index is 13.1. The van der Waals surface area contributed by atoms with E-state index in [0.717, 1.165) is 29.7 Å². The Morgan fingerprint density at radius 3 is 2.50 bits per heavy atom. The van der Waals surface area contributed by atoms with Crippen LogP contribution in [0.25, 0.3) is 22.0 Å². The third-order valence-electron chi connectivity index (χ3n) is 4.19. The molecule has 24 heavy (non-hydrogen) atoms. The number of nitrogens with one attached hydrogen (secondary N) is 1. The highest BCUT2D eigenvalue weighted by Gasteiger charge is 2.16. The molecule has 0 aliphatic carbocycles. The predicted molar refractivity (Wildman–Crippen MR) is 95.7 cm³/mol. The van der Waals surface area contributed by atoms with Crippen LogP contribution in [0.4, 0.5) is 0 Å². The molecule has 3 aromatic rings. The van der Waals surface area contributed by atoms with E-state index in [-0.39, 0.29) is 11.0 Å². The van der Waals surface area contributed by atoms with Gasteiger partial charge in [-0.3, -0.25) is 4.79 Å². The van der Waals surface area contributed by atoms with Crippen LogP contribution in [0.5, 0.6) is 0 Å². The van der Waals surface area contributed by atoms with Crippen molar-refractivity contribution in [1.29, 1.82) is 0 Å². The van der Waals surface area contributed by atoms with E-state index < -0.39 is 5.97 Å². The first-order valence-electron chi connectivity index (χ1n) is 8.01. The molecule has 0 bridgehead atoms. The molecule has 0 radical (unpaired) electrons. The van der Waals surface area contributed by atoms with Crippen molar-refractivity contribution < 1.29 is 9.90 Å². The van der Waals surface area contributed by atoms with E-state index in [1.165, 1.54) is 6.07 Å². The van der Waals surface area contributed by atoms with Crippen LogP contribution < -0.4 is 5.43 Å². The lowest BCUT2D eigenvalue weighted by Crippen LogP contribution is -2.13. The zero-order valence-corrected chi connectivity index (χ0v) is 13.7.